The Labute approximate surface area is 228 Å². The number of hydrogen-bond donors (Lipinski definition) is 0. The summed E-state index contributed by atoms with van der Waals surface area (Å²) in [5.74, 6) is 0.663. The Morgan fingerprint density at radius 3 is 1.95 bits per heavy atom. The van der Waals surface area contributed by atoms with Crippen LogP contribution in [0.4, 0.5) is 0 Å². The molecule has 180 valence electrons. The maximum Gasteiger partial charge on any atom is 0.160 e. The predicted molar refractivity (Wildman–Crippen MR) is 159 cm³/mol. The van der Waals surface area contributed by atoms with E-state index in [1.54, 1.807) is 0 Å². The molecule has 2 aromatic heterocycles. The van der Waals surface area contributed by atoms with Gasteiger partial charge in [-0.15, -0.1) is 0 Å². The summed E-state index contributed by atoms with van der Waals surface area (Å²) < 4.78 is 7.21. The first kappa shape index (κ1) is 22.6. The molecule has 0 saturated carbocycles. The van der Waals surface area contributed by atoms with E-state index in [9.17, 15) is 0 Å². The lowest BCUT2D eigenvalue weighted by Gasteiger charge is -2.11. The molecule has 0 N–H and O–H groups in total. The van der Waals surface area contributed by atoms with Crippen molar-refractivity contribution in [2.75, 3.05) is 0 Å². The molecule has 5 aromatic carbocycles. The van der Waals surface area contributed by atoms with Gasteiger partial charge in [-0.05, 0) is 53.6 Å². The fraction of sp³-hybridized carbons (Fsp3) is 0. The number of aromatic nitrogens is 2. The molecule has 3 nitrogen and oxygen atoms in total. The normalized spacial score (nSPS) is 11.3. The van der Waals surface area contributed by atoms with Crippen LogP contribution in [0, 0.1) is 0 Å². The van der Waals surface area contributed by atoms with Crippen molar-refractivity contribution in [3.8, 4) is 45.0 Å². The zero-order chi connectivity index (χ0) is 25.5. The lowest BCUT2D eigenvalue weighted by Crippen LogP contribution is -1.96. The second-order valence-corrected chi connectivity index (χ2v) is 10.1. The number of hydrogen-bond acceptors (Lipinski definition) is 3. The molecule has 2 heterocycles. The topological polar surface area (TPSA) is 38.9 Å². The van der Waals surface area contributed by atoms with Gasteiger partial charge >= 0.3 is 0 Å². The van der Waals surface area contributed by atoms with Gasteiger partial charge in [0.05, 0.1) is 11.4 Å². The Morgan fingerprint density at radius 1 is 0.447 bits per heavy atom. The van der Waals surface area contributed by atoms with Gasteiger partial charge in [-0.1, -0.05) is 101 Å². The van der Waals surface area contributed by atoms with E-state index >= 15 is 0 Å². The summed E-state index contributed by atoms with van der Waals surface area (Å²) >= 11 is 3.59. The Hall–Kier alpha value is -4.54. The maximum atomic E-state index is 6.16. The van der Waals surface area contributed by atoms with Crippen molar-refractivity contribution in [3.63, 3.8) is 0 Å². The number of benzene rings is 5. The SMILES string of the molecule is Brc1cccc(-c2cccc(-c3cc(-c4ccccc4)nc(-c4ccc5c(c4)oc4ccccc45)n3)c2)c1. The summed E-state index contributed by atoms with van der Waals surface area (Å²) in [7, 11) is 0. The molecule has 0 radical (unpaired) electrons. The van der Waals surface area contributed by atoms with Gasteiger partial charge in [-0.25, -0.2) is 9.97 Å². The third-order valence-electron chi connectivity index (χ3n) is 6.75. The van der Waals surface area contributed by atoms with Crippen molar-refractivity contribution in [1.29, 1.82) is 0 Å². The lowest BCUT2D eigenvalue weighted by atomic mass is 10.0. The van der Waals surface area contributed by atoms with Crippen LogP contribution in [0.15, 0.2) is 136 Å². The monoisotopic (exact) mass is 552 g/mol. The van der Waals surface area contributed by atoms with Crippen LogP contribution >= 0.6 is 15.9 Å². The molecule has 0 atom stereocenters. The third kappa shape index (κ3) is 4.19. The summed E-state index contributed by atoms with van der Waals surface area (Å²) in [5, 5.41) is 2.20. The first-order valence-corrected chi connectivity index (χ1v) is 13.2. The second kappa shape index (κ2) is 9.40. The Kier molecular flexibility index (Phi) is 5.60. The van der Waals surface area contributed by atoms with Crippen molar-refractivity contribution < 1.29 is 4.42 Å². The van der Waals surface area contributed by atoms with Crippen LogP contribution in [0.1, 0.15) is 0 Å². The van der Waals surface area contributed by atoms with E-state index in [2.05, 4.69) is 94.8 Å². The molecule has 0 amide bonds. The highest BCUT2D eigenvalue weighted by atomic mass is 79.9. The van der Waals surface area contributed by atoms with Crippen LogP contribution < -0.4 is 0 Å². The highest BCUT2D eigenvalue weighted by Gasteiger charge is 2.14. The van der Waals surface area contributed by atoms with Gasteiger partial charge in [-0.3, -0.25) is 0 Å². The van der Waals surface area contributed by atoms with Crippen molar-refractivity contribution >= 4 is 37.9 Å². The highest BCUT2D eigenvalue weighted by molar-refractivity contribution is 9.10. The minimum absolute atomic E-state index is 0.663. The third-order valence-corrected chi connectivity index (χ3v) is 7.24. The van der Waals surface area contributed by atoms with Gasteiger partial charge in [0, 0.05) is 31.9 Å². The standard InChI is InChI=1S/C34H21BrN2O/c35-27-13-7-11-24(19-27)23-10-6-12-25(18-23)31-21-30(22-8-2-1-3-9-22)36-34(37-31)26-16-17-29-28-14-4-5-15-32(28)38-33(29)20-26/h1-21H. The van der Waals surface area contributed by atoms with Crippen LogP contribution in [0.25, 0.3) is 67.0 Å². The number of nitrogens with zero attached hydrogens (tertiary/aromatic N) is 2. The Bertz CT molecular complexity index is 1940. The molecule has 0 aliphatic rings. The number of fused-ring (bicyclic) bond motifs is 3. The smallest absolute Gasteiger partial charge is 0.160 e. The predicted octanol–water partition coefficient (Wildman–Crippen LogP) is 9.81. The quantitative estimate of drug-likeness (QED) is 0.218. The summed E-state index contributed by atoms with van der Waals surface area (Å²) in [4.78, 5) is 10.0. The van der Waals surface area contributed by atoms with Crippen molar-refractivity contribution in [1.82, 2.24) is 9.97 Å². The molecule has 0 spiro atoms. The minimum atomic E-state index is 0.663. The van der Waals surface area contributed by atoms with Gasteiger partial charge in [0.1, 0.15) is 11.2 Å². The highest BCUT2D eigenvalue weighted by Crippen LogP contribution is 2.34. The first-order chi connectivity index (χ1) is 18.7. The van der Waals surface area contributed by atoms with E-state index < -0.39 is 0 Å². The minimum Gasteiger partial charge on any atom is -0.456 e. The van der Waals surface area contributed by atoms with Crippen LogP contribution in [0.5, 0.6) is 0 Å². The number of halogens is 1. The van der Waals surface area contributed by atoms with E-state index in [0.717, 1.165) is 65.6 Å². The number of para-hydroxylation sites is 1. The maximum absolute atomic E-state index is 6.16. The van der Waals surface area contributed by atoms with Gasteiger partial charge in [0.25, 0.3) is 0 Å². The van der Waals surface area contributed by atoms with Gasteiger partial charge in [-0.2, -0.15) is 0 Å². The van der Waals surface area contributed by atoms with Crippen molar-refractivity contribution in [2.24, 2.45) is 0 Å². The number of rotatable bonds is 4. The average molecular weight is 553 g/mol. The zero-order valence-corrected chi connectivity index (χ0v) is 21.9. The van der Waals surface area contributed by atoms with E-state index in [-0.39, 0.29) is 0 Å². The Balaban J connectivity index is 1.39. The molecule has 4 heteroatoms. The molecule has 0 saturated heterocycles. The van der Waals surface area contributed by atoms with E-state index in [4.69, 9.17) is 14.4 Å². The average Bonchev–Trinajstić information content (AvgIpc) is 3.35. The summed E-state index contributed by atoms with van der Waals surface area (Å²) in [6, 6.07) is 43.5. The summed E-state index contributed by atoms with van der Waals surface area (Å²) in [6.07, 6.45) is 0. The summed E-state index contributed by atoms with van der Waals surface area (Å²) in [6.45, 7) is 0. The molecule has 38 heavy (non-hydrogen) atoms. The lowest BCUT2D eigenvalue weighted by molar-refractivity contribution is 0.669. The van der Waals surface area contributed by atoms with Gasteiger partial charge < -0.3 is 4.42 Å². The van der Waals surface area contributed by atoms with Crippen molar-refractivity contribution in [3.05, 3.63) is 132 Å². The molecule has 0 bridgehead atoms. The van der Waals surface area contributed by atoms with E-state index in [0.29, 0.717) is 5.82 Å². The van der Waals surface area contributed by atoms with Crippen LogP contribution in [0.2, 0.25) is 0 Å². The Morgan fingerprint density at radius 2 is 1.11 bits per heavy atom. The summed E-state index contributed by atoms with van der Waals surface area (Å²) in [5.41, 5.74) is 8.73. The molecule has 7 rings (SSSR count). The van der Waals surface area contributed by atoms with Crippen LogP contribution in [0.3, 0.4) is 0 Å². The molecule has 0 aliphatic carbocycles. The fourth-order valence-electron chi connectivity index (χ4n) is 4.87. The molecule has 0 fully saturated rings. The van der Waals surface area contributed by atoms with Gasteiger partial charge in [0.2, 0.25) is 0 Å². The largest absolute Gasteiger partial charge is 0.456 e. The van der Waals surface area contributed by atoms with Crippen molar-refractivity contribution in [2.45, 2.75) is 0 Å². The molecular weight excluding hydrogens is 532 g/mol. The van der Waals surface area contributed by atoms with Gasteiger partial charge in [0.15, 0.2) is 5.82 Å². The molecule has 0 aliphatic heterocycles. The molecule has 0 unspecified atom stereocenters. The fourth-order valence-corrected chi connectivity index (χ4v) is 5.27. The van der Waals surface area contributed by atoms with Crippen LogP contribution in [-0.2, 0) is 0 Å². The first-order valence-electron chi connectivity index (χ1n) is 12.4. The second-order valence-electron chi connectivity index (χ2n) is 9.23. The van der Waals surface area contributed by atoms with E-state index in [1.165, 1.54) is 0 Å². The molecular formula is C34H21BrN2O. The van der Waals surface area contributed by atoms with E-state index in [1.807, 2.05) is 48.5 Å². The van der Waals surface area contributed by atoms with Crippen LogP contribution in [-0.4, -0.2) is 9.97 Å². The molecule has 7 aromatic rings. The number of furan rings is 1. The zero-order valence-electron chi connectivity index (χ0n) is 20.3.